The van der Waals surface area contributed by atoms with Gasteiger partial charge in [-0.15, -0.1) is 0 Å². The van der Waals surface area contributed by atoms with Gasteiger partial charge in [0, 0.05) is 6.54 Å². The minimum Gasteiger partial charge on any atom is -0.372 e. The van der Waals surface area contributed by atoms with Crippen LogP contribution in [0.25, 0.3) is 0 Å². The van der Waals surface area contributed by atoms with E-state index in [4.69, 9.17) is 28.6 Å². The molecule has 0 bridgehead atoms. The molecule has 0 saturated carbocycles. The average Bonchev–Trinajstić information content (AvgIpc) is 2.70. The van der Waals surface area contributed by atoms with E-state index >= 15 is 0 Å². The van der Waals surface area contributed by atoms with Gasteiger partial charge in [0.05, 0.1) is 23.9 Å². The average molecular weight is 425 g/mol. The molecule has 29 heavy (non-hydrogen) atoms. The van der Waals surface area contributed by atoms with E-state index in [9.17, 15) is 0 Å². The molecule has 5 heteroatoms. The zero-order valence-corrected chi connectivity index (χ0v) is 18.2. The van der Waals surface area contributed by atoms with E-state index in [-0.39, 0.29) is 0 Å². The second kappa shape index (κ2) is 10.4. The number of ether oxygens (including phenoxy) is 1. The number of anilines is 1. The number of aryl methyl sites for hydroxylation is 2. The molecule has 150 valence electrons. The van der Waals surface area contributed by atoms with Crippen LogP contribution in [0.15, 0.2) is 66.7 Å². The summed E-state index contributed by atoms with van der Waals surface area (Å²) in [6.45, 7) is 5.84. The van der Waals surface area contributed by atoms with Crippen LogP contribution in [0.5, 0.6) is 0 Å². The van der Waals surface area contributed by atoms with Gasteiger partial charge in [-0.25, -0.2) is 0 Å². The summed E-state index contributed by atoms with van der Waals surface area (Å²) in [5.74, 6) is 0. The number of rotatable bonds is 7. The number of hydrogen-bond acceptors (Lipinski definition) is 2. The van der Waals surface area contributed by atoms with Gasteiger partial charge in [0.25, 0.3) is 0 Å². The van der Waals surface area contributed by atoms with Gasteiger partial charge in [0.15, 0.2) is 5.11 Å². The summed E-state index contributed by atoms with van der Waals surface area (Å²) in [4.78, 5) is 0. The Bertz CT molecular complexity index is 953. The van der Waals surface area contributed by atoms with Crippen molar-refractivity contribution in [2.45, 2.75) is 33.6 Å². The van der Waals surface area contributed by atoms with Gasteiger partial charge >= 0.3 is 0 Å². The largest absolute Gasteiger partial charge is 0.372 e. The SMILES string of the molecule is Cc1cc(C)c(NC(=S)NCc2cccc(COCc3ccccc3)c2)c(Cl)c1. The Kier molecular flexibility index (Phi) is 7.64. The van der Waals surface area contributed by atoms with Crippen molar-refractivity contribution in [3.05, 3.63) is 99.6 Å². The predicted octanol–water partition coefficient (Wildman–Crippen LogP) is 6.16. The van der Waals surface area contributed by atoms with Crippen molar-refractivity contribution in [1.29, 1.82) is 0 Å². The van der Waals surface area contributed by atoms with Crippen molar-refractivity contribution in [3.63, 3.8) is 0 Å². The van der Waals surface area contributed by atoms with Crippen LogP contribution in [0.3, 0.4) is 0 Å². The van der Waals surface area contributed by atoms with Crippen molar-refractivity contribution >= 4 is 34.6 Å². The lowest BCUT2D eigenvalue weighted by Gasteiger charge is -2.15. The van der Waals surface area contributed by atoms with Gasteiger partial charge < -0.3 is 15.4 Å². The van der Waals surface area contributed by atoms with E-state index in [1.54, 1.807) is 0 Å². The normalized spacial score (nSPS) is 10.6. The summed E-state index contributed by atoms with van der Waals surface area (Å²) in [6, 6.07) is 22.5. The first-order chi connectivity index (χ1) is 14.0. The molecule has 0 saturated heterocycles. The molecule has 0 aliphatic heterocycles. The Morgan fingerprint density at radius 1 is 0.897 bits per heavy atom. The molecular weight excluding hydrogens is 400 g/mol. The number of nitrogens with one attached hydrogen (secondary N) is 2. The van der Waals surface area contributed by atoms with Crippen LogP contribution in [0.1, 0.15) is 27.8 Å². The van der Waals surface area contributed by atoms with Crippen LogP contribution in [-0.4, -0.2) is 5.11 Å². The zero-order chi connectivity index (χ0) is 20.6. The second-order valence-corrected chi connectivity index (χ2v) is 7.86. The maximum atomic E-state index is 6.35. The minimum atomic E-state index is 0.546. The van der Waals surface area contributed by atoms with Gasteiger partial charge in [-0.3, -0.25) is 0 Å². The van der Waals surface area contributed by atoms with E-state index in [1.165, 1.54) is 5.56 Å². The standard InChI is InChI=1S/C24H25ClN2OS/c1-17-11-18(2)23(22(25)12-17)27-24(29)26-14-20-9-6-10-21(13-20)16-28-15-19-7-4-3-5-8-19/h3-13H,14-16H2,1-2H3,(H2,26,27,29). The monoisotopic (exact) mass is 424 g/mol. The van der Waals surface area contributed by atoms with Crippen molar-refractivity contribution in [2.75, 3.05) is 5.32 Å². The first kappa shape index (κ1) is 21.3. The smallest absolute Gasteiger partial charge is 0.171 e. The van der Waals surface area contributed by atoms with Crippen LogP contribution >= 0.6 is 23.8 Å². The molecule has 3 aromatic carbocycles. The minimum absolute atomic E-state index is 0.546. The molecule has 0 atom stereocenters. The molecule has 3 aromatic rings. The van der Waals surface area contributed by atoms with Gasteiger partial charge in [-0.2, -0.15) is 0 Å². The highest BCUT2D eigenvalue weighted by molar-refractivity contribution is 7.80. The summed E-state index contributed by atoms with van der Waals surface area (Å²) >= 11 is 11.8. The van der Waals surface area contributed by atoms with Crippen molar-refractivity contribution < 1.29 is 4.74 Å². The van der Waals surface area contributed by atoms with E-state index in [0.29, 0.717) is 29.9 Å². The summed E-state index contributed by atoms with van der Waals surface area (Å²) in [5, 5.41) is 7.67. The van der Waals surface area contributed by atoms with Crippen LogP contribution in [0.2, 0.25) is 5.02 Å². The number of halogens is 1. The molecule has 0 aromatic heterocycles. The Balaban J connectivity index is 1.50. The van der Waals surface area contributed by atoms with Crippen molar-refractivity contribution in [3.8, 4) is 0 Å². The first-order valence-corrected chi connectivity index (χ1v) is 10.3. The van der Waals surface area contributed by atoms with Gasteiger partial charge in [0.1, 0.15) is 0 Å². The lowest BCUT2D eigenvalue weighted by molar-refractivity contribution is 0.107. The topological polar surface area (TPSA) is 33.3 Å². The van der Waals surface area contributed by atoms with E-state index in [2.05, 4.69) is 47.0 Å². The fourth-order valence-electron chi connectivity index (χ4n) is 3.10. The molecule has 3 nitrogen and oxygen atoms in total. The lowest BCUT2D eigenvalue weighted by atomic mass is 10.1. The quantitative estimate of drug-likeness (QED) is 0.445. The van der Waals surface area contributed by atoms with E-state index in [1.807, 2.05) is 44.2 Å². The number of benzene rings is 3. The van der Waals surface area contributed by atoms with Gasteiger partial charge in [0.2, 0.25) is 0 Å². The van der Waals surface area contributed by atoms with Crippen molar-refractivity contribution in [1.82, 2.24) is 5.32 Å². The van der Waals surface area contributed by atoms with Gasteiger partial charge in [-0.1, -0.05) is 72.3 Å². The third-order valence-electron chi connectivity index (χ3n) is 4.50. The molecule has 0 amide bonds. The third-order valence-corrected chi connectivity index (χ3v) is 5.04. The molecule has 0 spiro atoms. The summed E-state index contributed by atoms with van der Waals surface area (Å²) in [5.41, 5.74) is 6.49. The zero-order valence-electron chi connectivity index (χ0n) is 16.7. The molecule has 0 unspecified atom stereocenters. The molecule has 0 aliphatic rings. The number of hydrogen-bond donors (Lipinski definition) is 2. The maximum absolute atomic E-state index is 6.35. The second-order valence-electron chi connectivity index (χ2n) is 7.04. The molecule has 3 rings (SSSR count). The molecule has 0 fully saturated rings. The summed E-state index contributed by atoms with van der Waals surface area (Å²) in [7, 11) is 0. The molecule has 0 heterocycles. The molecule has 0 radical (unpaired) electrons. The van der Waals surface area contributed by atoms with Crippen LogP contribution in [0, 0.1) is 13.8 Å². The van der Waals surface area contributed by atoms with Gasteiger partial charge in [-0.05, 0) is 59.9 Å². The lowest BCUT2D eigenvalue weighted by Crippen LogP contribution is -2.28. The van der Waals surface area contributed by atoms with Crippen LogP contribution in [0.4, 0.5) is 5.69 Å². The van der Waals surface area contributed by atoms with Crippen LogP contribution in [-0.2, 0) is 24.5 Å². The Morgan fingerprint density at radius 2 is 1.59 bits per heavy atom. The van der Waals surface area contributed by atoms with Crippen molar-refractivity contribution in [2.24, 2.45) is 0 Å². The molecular formula is C24H25ClN2OS. The fourth-order valence-corrected chi connectivity index (χ4v) is 3.65. The first-order valence-electron chi connectivity index (χ1n) is 9.52. The Labute approximate surface area is 183 Å². The molecule has 2 N–H and O–H groups in total. The highest BCUT2D eigenvalue weighted by Crippen LogP contribution is 2.27. The van der Waals surface area contributed by atoms with E-state index in [0.717, 1.165) is 27.9 Å². The fraction of sp³-hybridized carbons (Fsp3) is 0.208. The summed E-state index contributed by atoms with van der Waals surface area (Å²) < 4.78 is 5.83. The third kappa shape index (κ3) is 6.57. The highest BCUT2D eigenvalue weighted by atomic mass is 35.5. The maximum Gasteiger partial charge on any atom is 0.171 e. The predicted molar refractivity (Wildman–Crippen MR) is 125 cm³/mol. The number of thiocarbonyl (C=S) groups is 1. The highest BCUT2D eigenvalue weighted by Gasteiger charge is 2.07. The van der Waals surface area contributed by atoms with Crippen LogP contribution < -0.4 is 10.6 Å². The Morgan fingerprint density at radius 3 is 2.34 bits per heavy atom. The van der Waals surface area contributed by atoms with E-state index < -0.39 is 0 Å². The summed E-state index contributed by atoms with van der Waals surface area (Å²) in [6.07, 6.45) is 0. The molecule has 0 aliphatic carbocycles. The Hall–Kier alpha value is -2.40.